The summed E-state index contributed by atoms with van der Waals surface area (Å²) >= 11 is 5.92. The van der Waals surface area contributed by atoms with E-state index >= 15 is 0 Å². The molecule has 1 aliphatic heterocycles. The number of anilines is 2. The van der Waals surface area contributed by atoms with Crippen molar-refractivity contribution in [2.75, 3.05) is 16.8 Å². The van der Waals surface area contributed by atoms with Gasteiger partial charge in [-0.3, -0.25) is 0 Å². The van der Waals surface area contributed by atoms with Gasteiger partial charge in [-0.1, -0.05) is 11.6 Å². The monoisotopic (exact) mass is 446 g/mol. The first kappa shape index (κ1) is 21.0. The first-order chi connectivity index (χ1) is 14.8. The van der Waals surface area contributed by atoms with Gasteiger partial charge in [0.15, 0.2) is 11.6 Å². The fraction of sp³-hybridized carbons (Fsp3) is 0.300. The Labute approximate surface area is 182 Å². The minimum atomic E-state index is -0.921. The second kappa shape index (κ2) is 8.48. The first-order valence-corrected chi connectivity index (χ1v) is 9.95. The predicted molar refractivity (Wildman–Crippen MR) is 112 cm³/mol. The summed E-state index contributed by atoms with van der Waals surface area (Å²) < 4.78 is 21.1. The molecule has 3 atom stereocenters. The van der Waals surface area contributed by atoms with Crippen molar-refractivity contribution in [1.29, 1.82) is 0 Å². The van der Waals surface area contributed by atoms with Gasteiger partial charge in [-0.05, 0) is 38.1 Å². The van der Waals surface area contributed by atoms with Crippen molar-refractivity contribution < 1.29 is 19.0 Å². The summed E-state index contributed by atoms with van der Waals surface area (Å²) in [5, 5.41) is 18.0. The van der Waals surface area contributed by atoms with E-state index in [1.54, 1.807) is 23.0 Å². The number of benzene rings is 1. The zero-order chi connectivity index (χ0) is 22.1. The molecule has 31 heavy (non-hydrogen) atoms. The Morgan fingerprint density at radius 1 is 1.29 bits per heavy atom. The molecule has 1 fully saturated rings. The summed E-state index contributed by atoms with van der Waals surface area (Å²) in [4.78, 5) is 21.2. The molecule has 0 radical (unpaired) electrons. The van der Waals surface area contributed by atoms with Crippen LogP contribution in [0.25, 0.3) is 5.69 Å². The van der Waals surface area contributed by atoms with Crippen molar-refractivity contribution in [2.45, 2.75) is 32.0 Å². The molecule has 162 valence electrons. The molecule has 3 heterocycles. The van der Waals surface area contributed by atoms with E-state index in [0.29, 0.717) is 5.02 Å². The van der Waals surface area contributed by atoms with Crippen LogP contribution in [-0.4, -0.2) is 49.7 Å². The van der Waals surface area contributed by atoms with Gasteiger partial charge in [-0.2, -0.15) is 10.1 Å². The number of hydrogen-bond acceptors (Lipinski definition) is 7. The van der Waals surface area contributed by atoms with E-state index in [9.17, 15) is 14.3 Å². The summed E-state index contributed by atoms with van der Waals surface area (Å²) in [5.41, 5.74) is 1.69. The molecule has 1 saturated heterocycles. The van der Waals surface area contributed by atoms with Crippen LogP contribution in [0.15, 0.2) is 42.9 Å². The second-order valence-electron chi connectivity index (χ2n) is 7.18. The molecule has 1 aliphatic rings. The van der Waals surface area contributed by atoms with Crippen LogP contribution in [0.4, 0.5) is 21.0 Å². The number of carbonyl (C=O) groups excluding carboxylic acids is 1. The van der Waals surface area contributed by atoms with Gasteiger partial charge in [0.2, 0.25) is 5.95 Å². The molecule has 1 amide bonds. The number of aliphatic hydroxyl groups is 1. The van der Waals surface area contributed by atoms with Gasteiger partial charge in [-0.25, -0.2) is 23.8 Å². The number of amides is 1. The molecule has 11 heteroatoms. The third-order valence-electron chi connectivity index (χ3n) is 4.96. The molecule has 9 nitrogen and oxygen atoms in total. The standard InChI is InChI=1S/C20H20ClFN6O3/c1-11(13-7-24-27(9-13)15-5-3-14(21)4-6-15)25-19-23-8-16(22)18(26-19)28-17(12(2)29)10-31-20(28)30/h3-9,11-12,17,29H,10H2,1-2H3,(H,23,25,26)/t11-,12+,17?/m0/s1. The Hall–Kier alpha value is -3.24. The van der Waals surface area contributed by atoms with Crippen LogP contribution in [-0.2, 0) is 4.74 Å². The lowest BCUT2D eigenvalue weighted by Crippen LogP contribution is -2.42. The van der Waals surface area contributed by atoms with Gasteiger partial charge in [0.25, 0.3) is 0 Å². The lowest BCUT2D eigenvalue weighted by molar-refractivity contribution is 0.142. The molecule has 2 N–H and O–H groups in total. The SMILES string of the molecule is C[C@H](Nc1ncc(F)c(N2C(=O)OCC2[C@@H](C)O)n1)c1cnn(-c2ccc(Cl)cc2)c1. The maximum absolute atomic E-state index is 14.4. The first-order valence-electron chi connectivity index (χ1n) is 9.57. The Morgan fingerprint density at radius 3 is 2.74 bits per heavy atom. The molecule has 1 unspecified atom stereocenters. The van der Waals surface area contributed by atoms with E-state index in [1.807, 2.05) is 25.3 Å². The van der Waals surface area contributed by atoms with E-state index in [0.717, 1.165) is 22.3 Å². The quantitative estimate of drug-likeness (QED) is 0.598. The van der Waals surface area contributed by atoms with E-state index in [4.69, 9.17) is 16.3 Å². The second-order valence-corrected chi connectivity index (χ2v) is 7.62. The van der Waals surface area contributed by atoms with Crippen LogP contribution in [0, 0.1) is 5.82 Å². The van der Waals surface area contributed by atoms with Gasteiger partial charge in [-0.15, -0.1) is 0 Å². The summed E-state index contributed by atoms with van der Waals surface area (Å²) in [5.74, 6) is -0.930. The Balaban J connectivity index is 1.54. The van der Waals surface area contributed by atoms with Crippen molar-refractivity contribution in [2.24, 2.45) is 0 Å². The highest BCUT2D eigenvalue weighted by Gasteiger charge is 2.39. The molecule has 0 spiro atoms. The summed E-state index contributed by atoms with van der Waals surface area (Å²) in [6.07, 6.45) is 2.81. The normalized spacial score (nSPS) is 18.0. The number of nitrogens with one attached hydrogen (secondary N) is 1. The third kappa shape index (κ3) is 4.30. The van der Waals surface area contributed by atoms with Crippen LogP contribution >= 0.6 is 11.6 Å². The van der Waals surface area contributed by atoms with E-state index in [-0.39, 0.29) is 24.4 Å². The van der Waals surface area contributed by atoms with Crippen molar-refractivity contribution in [3.63, 3.8) is 0 Å². The molecule has 4 rings (SSSR count). The average Bonchev–Trinajstić information content (AvgIpc) is 3.37. The topological polar surface area (TPSA) is 105 Å². The largest absolute Gasteiger partial charge is 0.447 e. The number of aromatic nitrogens is 4. The van der Waals surface area contributed by atoms with Gasteiger partial charge < -0.3 is 15.2 Å². The van der Waals surface area contributed by atoms with E-state index in [1.165, 1.54) is 6.92 Å². The number of hydrogen-bond donors (Lipinski definition) is 2. The summed E-state index contributed by atoms with van der Waals surface area (Å²) in [6.45, 7) is 3.32. The van der Waals surface area contributed by atoms with Gasteiger partial charge in [0.1, 0.15) is 12.6 Å². The van der Waals surface area contributed by atoms with Crippen LogP contribution in [0.2, 0.25) is 5.02 Å². The summed E-state index contributed by atoms with van der Waals surface area (Å²) in [6, 6.07) is 6.24. The third-order valence-corrected chi connectivity index (χ3v) is 5.21. The Bertz CT molecular complexity index is 1090. The molecule has 0 bridgehead atoms. The number of nitrogens with zero attached hydrogens (tertiary/aromatic N) is 5. The number of halogens is 2. The number of cyclic esters (lactones) is 1. The Morgan fingerprint density at radius 2 is 2.03 bits per heavy atom. The molecular formula is C20H20ClFN6O3. The smallest absolute Gasteiger partial charge is 0.416 e. The minimum Gasteiger partial charge on any atom is -0.447 e. The van der Waals surface area contributed by atoms with Crippen LogP contribution in [0.3, 0.4) is 0 Å². The van der Waals surface area contributed by atoms with E-state index < -0.39 is 24.1 Å². The molecule has 2 aromatic heterocycles. The van der Waals surface area contributed by atoms with Gasteiger partial charge in [0, 0.05) is 16.8 Å². The summed E-state index contributed by atoms with van der Waals surface area (Å²) in [7, 11) is 0. The maximum atomic E-state index is 14.4. The fourth-order valence-electron chi connectivity index (χ4n) is 3.20. The number of carbonyl (C=O) groups is 1. The maximum Gasteiger partial charge on any atom is 0.416 e. The van der Waals surface area contributed by atoms with Crippen LogP contribution in [0.1, 0.15) is 25.5 Å². The molecule has 0 saturated carbocycles. The van der Waals surface area contributed by atoms with Gasteiger partial charge >= 0.3 is 6.09 Å². The highest BCUT2D eigenvalue weighted by atomic mass is 35.5. The zero-order valence-corrected chi connectivity index (χ0v) is 17.5. The number of aliphatic hydroxyl groups excluding tert-OH is 1. The number of rotatable bonds is 6. The van der Waals surface area contributed by atoms with Crippen molar-refractivity contribution in [1.82, 2.24) is 19.7 Å². The highest BCUT2D eigenvalue weighted by molar-refractivity contribution is 6.30. The average molecular weight is 447 g/mol. The molecule has 1 aromatic carbocycles. The van der Waals surface area contributed by atoms with Crippen molar-refractivity contribution >= 4 is 29.5 Å². The Kier molecular flexibility index (Phi) is 5.75. The lowest BCUT2D eigenvalue weighted by atomic mass is 10.2. The number of ether oxygens (including phenoxy) is 1. The predicted octanol–water partition coefficient (Wildman–Crippen LogP) is 3.33. The molecule has 3 aromatic rings. The molecule has 0 aliphatic carbocycles. The van der Waals surface area contributed by atoms with Crippen molar-refractivity contribution in [3.05, 3.63) is 59.3 Å². The van der Waals surface area contributed by atoms with Gasteiger partial charge in [0.05, 0.1) is 30.2 Å². The molecular weight excluding hydrogens is 427 g/mol. The minimum absolute atomic E-state index is 0.0526. The lowest BCUT2D eigenvalue weighted by Gasteiger charge is -2.23. The van der Waals surface area contributed by atoms with E-state index in [2.05, 4.69) is 20.4 Å². The van der Waals surface area contributed by atoms with Crippen molar-refractivity contribution in [3.8, 4) is 5.69 Å². The van der Waals surface area contributed by atoms with Crippen LogP contribution in [0.5, 0.6) is 0 Å². The fourth-order valence-corrected chi connectivity index (χ4v) is 3.33. The van der Waals surface area contributed by atoms with Crippen LogP contribution < -0.4 is 10.2 Å². The highest BCUT2D eigenvalue weighted by Crippen LogP contribution is 2.27. The zero-order valence-electron chi connectivity index (χ0n) is 16.7.